The van der Waals surface area contributed by atoms with Crippen LogP contribution in [-0.4, -0.2) is 97.6 Å². The highest BCUT2D eigenvalue weighted by Crippen LogP contribution is 2.39. The van der Waals surface area contributed by atoms with Gasteiger partial charge in [-0.3, -0.25) is 14.5 Å². The van der Waals surface area contributed by atoms with Crippen molar-refractivity contribution in [3.63, 3.8) is 0 Å². The third kappa shape index (κ3) is 6.20. The molecule has 0 saturated carbocycles. The Bertz CT molecular complexity index is 1500. The molecule has 1 unspecified atom stereocenters. The number of anilines is 3. The number of benzene rings is 1. The molecule has 1 atom stereocenters. The summed E-state index contributed by atoms with van der Waals surface area (Å²) in [6.45, 7) is 10.2. The van der Waals surface area contributed by atoms with E-state index in [0.717, 1.165) is 25.7 Å². The number of nitrogens with one attached hydrogen (secondary N) is 2. The highest BCUT2D eigenvalue weighted by atomic mass is 35.5. The molecule has 5 rings (SSSR count). The number of nitriles is 1. The summed E-state index contributed by atoms with van der Waals surface area (Å²) >= 11 is 6.70. The minimum atomic E-state index is -4.76. The van der Waals surface area contributed by atoms with Crippen LogP contribution in [0.25, 0.3) is 0 Å². The number of carbonyl (C=O) groups excluding carboxylic acids is 2. The van der Waals surface area contributed by atoms with Crippen LogP contribution < -0.4 is 20.4 Å². The average Bonchev–Trinajstić information content (AvgIpc) is 2.97. The Labute approximate surface area is 259 Å². The Balaban J connectivity index is 1.37. The van der Waals surface area contributed by atoms with Gasteiger partial charge in [-0.15, -0.1) is 0 Å². The summed E-state index contributed by atoms with van der Waals surface area (Å²) < 4.78 is 41.2. The molecule has 44 heavy (non-hydrogen) atoms. The van der Waals surface area contributed by atoms with Crippen molar-refractivity contribution in [1.29, 1.82) is 5.26 Å². The number of pyridine rings is 1. The van der Waals surface area contributed by atoms with Crippen molar-refractivity contribution in [3.8, 4) is 6.07 Å². The number of likely N-dealkylation sites (tertiary alicyclic amines) is 1. The van der Waals surface area contributed by atoms with Gasteiger partial charge in [0.2, 0.25) is 11.8 Å². The Hall–Kier alpha value is -3.86. The van der Waals surface area contributed by atoms with Crippen molar-refractivity contribution < 1.29 is 22.8 Å². The number of aryl methyl sites for hydroxylation is 1. The fraction of sp³-hybridized carbons (Fsp3) is 0.467. The van der Waals surface area contributed by atoms with Gasteiger partial charge in [0.1, 0.15) is 23.5 Å². The molecule has 4 heterocycles. The normalized spacial score (nSPS) is 20.3. The first-order valence-corrected chi connectivity index (χ1v) is 14.7. The first-order valence-electron chi connectivity index (χ1n) is 14.3. The Morgan fingerprint density at radius 2 is 2.05 bits per heavy atom. The number of piperazine rings is 1. The molecule has 2 fully saturated rings. The molecule has 1 spiro atoms. The fourth-order valence-electron chi connectivity index (χ4n) is 6.27. The van der Waals surface area contributed by atoms with Crippen molar-refractivity contribution in [3.05, 3.63) is 58.8 Å². The predicted molar refractivity (Wildman–Crippen MR) is 162 cm³/mol. The predicted octanol–water partition coefficient (Wildman–Crippen LogP) is 3.26. The summed E-state index contributed by atoms with van der Waals surface area (Å²) in [5, 5.41) is 16.5. The number of alkyl halides is 3. The summed E-state index contributed by atoms with van der Waals surface area (Å²) in [6, 6.07) is 6.78. The summed E-state index contributed by atoms with van der Waals surface area (Å²) in [6.07, 6.45) is -3.21. The fourth-order valence-corrected chi connectivity index (χ4v) is 6.56. The van der Waals surface area contributed by atoms with Crippen molar-refractivity contribution in [2.75, 3.05) is 74.5 Å². The van der Waals surface area contributed by atoms with Gasteiger partial charge in [0.05, 0.1) is 27.5 Å². The monoisotopic (exact) mass is 630 g/mol. The van der Waals surface area contributed by atoms with E-state index in [4.69, 9.17) is 11.6 Å². The van der Waals surface area contributed by atoms with Gasteiger partial charge < -0.3 is 25.3 Å². The third-order valence-electron chi connectivity index (χ3n) is 8.45. The number of hydrogen-bond acceptors (Lipinski definition) is 8. The van der Waals surface area contributed by atoms with Crippen LogP contribution >= 0.6 is 11.6 Å². The van der Waals surface area contributed by atoms with Crippen LogP contribution in [0, 0.1) is 18.3 Å². The number of rotatable bonds is 6. The second-order valence-electron chi connectivity index (χ2n) is 11.5. The Morgan fingerprint density at radius 1 is 1.30 bits per heavy atom. The molecule has 0 aliphatic carbocycles. The molecule has 14 heteroatoms. The molecule has 3 aliphatic rings. The molecule has 2 aromatic rings. The van der Waals surface area contributed by atoms with Crippen LogP contribution in [0.2, 0.25) is 5.02 Å². The van der Waals surface area contributed by atoms with Gasteiger partial charge in [-0.1, -0.05) is 24.2 Å². The van der Waals surface area contributed by atoms with E-state index in [1.165, 1.54) is 17.9 Å². The molecule has 2 N–H and O–H groups in total. The molecular formula is C30H34ClF3N8O2. The van der Waals surface area contributed by atoms with E-state index in [1.54, 1.807) is 36.2 Å². The molecule has 0 radical (unpaired) electrons. The second kappa shape index (κ2) is 12.3. The van der Waals surface area contributed by atoms with Crippen LogP contribution in [0.4, 0.5) is 30.4 Å². The summed E-state index contributed by atoms with van der Waals surface area (Å²) in [4.78, 5) is 37.5. The molecule has 10 nitrogen and oxygen atoms in total. The van der Waals surface area contributed by atoms with Gasteiger partial charge in [0, 0.05) is 65.1 Å². The topological polar surface area (TPSA) is 108 Å². The van der Waals surface area contributed by atoms with Gasteiger partial charge in [0.25, 0.3) is 0 Å². The molecule has 1 aromatic carbocycles. The lowest BCUT2D eigenvalue weighted by Gasteiger charge is -2.55. The van der Waals surface area contributed by atoms with Crippen LogP contribution in [0.3, 0.4) is 0 Å². The largest absolute Gasteiger partial charge is 0.417 e. The highest BCUT2D eigenvalue weighted by molar-refractivity contribution is 6.34. The number of para-hydroxylation sites is 1. The first-order chi connectivity index (χ1) is 20.9. The summed E-state index contributed by atoms with van der Waals surface area (Å²) in [7, 11) is 1.60. The number of carbonyl (C=O) groups is 2. The number of hydrogen-bond donors (Lipinski definition) is 2. The SMILES string of the molecule is C=CC(=O)N1CC2(CN(CCN3CCC(Nc4nc(C)cc(C(F)(F)F)c4C#N)C(=O)N(C)c4cccc(Cl)c43)CCN2)C1. The molecule has 3 aliphatic heterocycles. The summed E-state index contributed by atoms with van der Waals surface area (Å²) in [5.41, 5.74) is -0.585. The number of fused-ring (bicyclic) bond motifs is 1. The maximum absolute atomic E-state index is 13.7. The van der Waals surface area contributed by atoms with Gasteiger partial charge in [-0.25, -0.2) is 4.98 Å². The quantitative estimate of drug-likeness (QED) is 0.469. The maximum Gasteiger partial charge on any atom is 0.417 e. The average molecular weight is 631 g/mol. The van der Waals surface area contributed by atoms with Crippen LogP contribution in [0.5, 0.6) is 0 Å². The lowest BCUT2D eigenvalue weighted by atomic mass is 9.87. The number of nitrogens with zero attached hydrogens (tertiary/aromatic N) is 6. The van der Waals surface area contributed by atoms with Crippen molar-refractivity contribution in [2.45, 2.75) is 31.1 Å². The van der Waals surface area contributed by atoms with E-state index in [1.807, 2.05) is 0 Å². The molecular weight excluding hydrogens is 597 g/mol. The van der Waals surface area contributed by atoms with Crippen molar-refractivity contribution in [2.24, 2.45) is 0 Å². The zero-order valence-electron chi connectivity index (χ0n) is 24.5. The molecule has 234 valence electrons. The molecule has 2 saturated heterocycles. The lowest BCUT2D eigenvalue weighted by molar-refractivity contribution is -0.138. The number of halogens is 4. The van der Waals surface area contributed by atoms with E-state index in [9.17, 15) is 28.0 Å². The van der Waals surface area contributed by atoms with Gasteiger partial charge in [-0.2, -0.15) is 18.4 Å². The van der Waals surface area contributed by atoms with Gasteiger partial charge in [0.15, 0.2) is 0 Å². The Morgan fingerprint density at radius 3 is 2.73 bits per heavy atom. The molecule has 1 aromatic heterocycles. The third-order valence-corrected chi connectivity index (χ3v) is 8.75. The minimum absolute atomic E-state index is 0.0708. The molecule has 2 amide bonds. The zero-order valence-corrected chi connectivity index (χ0v) is 25.3. The molecule has 0 bridgehead atoms. The zero-order chi connectivity index (χ0) is 31.8. The second-order valence-corrected chi connectivity index (χ2v) is 11.9. The standard InChI is InChI=1S/C30H34ClF3N8O2/c1-4-25(43)42-17-29(18-42)16-40(11-9-36-29)12-13-41-10-8-23(28(44)39(3)24-7-5-6-22(31)26(24)41)38-27-20(15-35)21(30(32,33)34)14-19(2)37-27/h4-7,14,23,36H,1,8-13,16-18H2,2-3H3,(H,37,38). The van der Waals surface area contributed by atoms with E-state index in [2.05, 4.69) is 32.0 Å². The smallest absolute Gasteiger partial charge is 0.367 e. The van der Waals surface area contributed by atoms with E-state index < -0.39 is 23.3 Å². The number of likely N-dealkylation sites (N-methyl/N-ethyl adjacent to an activating group) is 1. The van der Waals surface area contributed by atoms with Crippen molar-refractivity contribution in [1.82, 2.24) is 20.1 Å². The van der Waals surface area contributed by atoms with E-state index in [-0.39, 0.29) is 35.3 Å². The number of amides is 2. The van der Waals surface area contributed by atoms with Crippen LogP contribution in [0.1, 0.15) is 23.2 Å². The Kier molecular flexibility index (Phi) is 8.80. The van der Waals surface area contributed by atoms with E-state index in [0.29, 0.717) is 49.1 Å². The highest BCUT2D eigenvalue weighted by Gasteiger charge is 2.47. The van der Waals surface area contributed by atoms with E-state index >= 15 is 0 Å². The first kappa shape index (κ1) is 31.6. The maximum atomic E-state index is 13.7. The van der Waals surface area contributed by atoms with Gasteiger partial charge in [-0.05, 0) is 37.6 Å². The summed E-state index contributed by atoms with van der Waals surface area (Å²) in [5.74, 6) is -0.747. The van der Waals surface area contributed by atoms with Gasteiger partial charge >= 0.3 is 6.18 Å². The van der Waals surface area contributed by atoms with Crippen molar-refractivity contribution >= 4 is 40.6 Å². The van der Waals surface area contributed by atoms with Crippen LogP contribution in [-0.2, 0) is 15.8 Å². The lowest BCUT2D eigenvalue weighted by Crippen LogP contribution is -2.76. The van der Waals surface area contributed by atoms with Crippen LogP contribution in [0.15, 0.2) is 36.9 Å². The number of aromatic nitrogens is 1. The minimum Gasteiger partial charge on any atom is -0.367 e.